The zero-order valence-electron chi connectivity index (χ0n) is 13.0. The van der Waals surface area contributed by atoms with Gasteiger partial charge in [-0.25, -0.2) is 0 Å². The van der Waals surface area contributed by atoms with Crippen LogP contribution in [0.5, 0.6) is 0 Å². The van der Waals surface area contributed by atoms with E-state index in [-0.39, 0.29) is 12.2 Å². The predicted molar refractivity (Wildman–Crippen MR) is 78.7 cm³/mol. The normalized spacial score (nSPS) is 30.6. The first-order valence-electron chi connectivity index (χ1n) is 8.04. The molecule has 2 rings (SSSR count). The molecule has 3 heteroatoms. The molecule has 0 bridgehead atoms. The molecule has 2 fully saturated rings. The quantitative estimate of drug-likeness (QED) is 0.829. The van der Waals surface area contributed by atoms with Crippen LogP contribution in [-0.2, 0) is 4.79 Å². The second kappa shape index (κ2) is 5.82. The minimum absolute atomic E-state index is 0.00227. The van der Waals surface area contributed by atoms with Gasteiger partial charge < -0.3 is 4.90 Å². The van der Waals surface area contributed by atoms with Crippen molar-refractivity contribution in [3.8, 4) is 0 Å². The van der Waals surface area contributed by atoms with Crippen molar-refractivity contribution in [1.29, 1.82) is 0 Å². The number of nitrogens with zero attached hydrogens (tertiary/aromatic N) is 1. The van der Waals surface area contributed by atoms with Crippen LogP contribution in [0, 0.1) is 11.3 Å². The highest BCUT2D eigenvalue weighted by Gasteiger charge is 2.42. The first-order valence-corrected chi connectivity index (χ1v) is 8.04. The number of rotatable bonds is 5. The van der Waals surface area contributed by atoms with Crippen molar-refractivity contribution in [2.24, 2.45) is 11.3 Å². The van der Waals surface area contributed by atoms with E-state index >= 15 is 0 Å². The summed E-state index contributed by atoms with van der Waals surface area (Å²) in [6.45, 7) is 9.75. The summed E-state index contributed by atoms with van der Waals surface area (Å²) in [6, 6.07) is 0.00227. The van der Waals surface area contributed by atoms with Crippen molar-refractivity contribution in [3.05, 3.63) is 0 Å². The number of hydrogen-bond donors (Lipinski definition) is 1. The van der Waals surface area contributed by atoms with E-state index in [9.17, 15) is 4.79 Å². The van der Waals surface area contributed by atoms with Crippen LogP contribution in [0.3, 0.4) is 0 Å². The summed E-state index contributed by atoms with van der Waals surface area (Å²) >= 11 is 0. The van der Waals surface area contributed by atoms with Crippen LogP contribution in [0.15, 0.2) is 0 Å². The van der Waals surface area contributed by atoms with Crippen LogP contribution in [0.1, 0.15) is 66.2 Å². The van der Waals surface area contributed by atoms with Gasteiger partial charge in [0.15, 0.2) is 0 Å². The summed E-state index contributed by atoms with van der Waals surface area (Å²) in [5, 5.41) is 3.42. The lowest BCUT2D eigenvalue weighted by Crippen LogP contribution is -2.44. The van der Waals surface area contributed by atoms with E-state index in [0.717, 1.165) is 18.9 Å². The molecule has 19 heavy (non-hydrogen) atoms. The van der Waals surface area contributed by atoms with E-state index in [0.29, 0.717) is 11.3 Å². The lowest BCUT2D eigenvalue weighted by Gasteiger charge is -2.37. The van der Waals surface area contributed by atoms with Crippen molar-refractivity contribution < 1.29 is 4.79 Å². The Labute approximate surface area is 118 Å². The molecule has 1 saturated carbocycles. The molecule has 0 radical (unpaired) electrons. The molecule has 2 atom stereocenters. The summed E-state index contributed by atoms with van der Waals surface area (Å²) in [6.07, 6.45) is 7.82. The Morgan fingerprint density at radius 3 is 2.53 bits per heavy atom. The van der Waals surface area contributed by atoms with E-state index in [1.807, 2.05) is 6.92 Å². The highest BCUT2D eigenvalue weighted by Crippen LogP contribution is 2.44. The number of carbonyl (C=O) groups is 1. The summed E-state index contributed by atoms with van der Waals surface area (Å²) in [4.78, 5) is 14.5. The molecule has 1 saturated heterocycles. The van der Waals surface area contributed by atoms with Crippen molar-refractivity contribution in [3.63, 3.8) is 0 Å². The molecule has 1 heterocycles. The van der Waals surface area contributed by atoms with Crippen LogP contribution in [0.2, 0.25) is 0 Å². The van der Waals surface area contributed by atoms with E-state index in [4.69, 9.17) is 0 Å². The Morgan fingerprint density at radius 2 is 2.00 bits per heavy atom. The highest BCUT2D eigenvalue weighted by molar-refractivity contribution is 5.83. The van der Waals surface area contributed by atoms with Crippen LogP contribution in [0.4, 0.5) is 0 Å². The molecular weight excluding hydrogens is 236 g/mol. The van der Waals surface area contributed by atoms with Crippen LogP contribution in [0.25, 0.3) is 0 Å². The van der Waals surface area contributed by atoms with Crippen LogP contribution in [-0.4, -0.2) is 29.6 Å². The number of carbonyl (C=O) groups excluding carboxylic acids is 1. The molecule has 0 aromatic rings. The molecule has 3 nitrogen and oxygen atoms in total. The topological polar surface area (TPSA) is 32.3 Å². The first-order chi connectivity index (χ1) is 8.97. The Balaban J connectivity index is 2.10. The molecule has 2 unspecified atom stereocenters. The lowest BCUT2D eigenvalue weighted by atomic mass is 9.78. The average molecular weight is 266 g/mol. The molecule has 1 aliphatic heterocycles. The van der Waals surface area contributed by atoms with E-state index < -0.39 is 0 Å². The van der Waals surface area contributed by atoms with Gasteiger partial charge in [-0.15, -0.1) is 0 Å². The number of nitrogens with one attached hydrogen (secondary N) is 1. The van der Waals surface area contributed by atoms with Gasteiger partial charge in [-0.3, -0.25) is 10.1 Å². The van der Waals surface area contributed by atoms with Gasteiger partial charge in [-0.05, 0) is 43.9 Å². The fourth-order valence-corrected chi connectivity index (χ4v) is 4.16. The maximum Gasteiger partial charge on any atom is 0.240 e. The second-order valence-electron chi connectivity index (χ2n) is 7.08. The summed E-state index contributed by atoms with van der Waals surface area (Å²) < 4.78 is 0. The minimum atomic E-state index is 0.00227. The van der Waals surface area contributed by atoms with Gasteiger partial charge in [0.25, 0.3) is 0 Å². The minimum Gasteiger partial charge on any atom is -0.325 e. The smallest absolute Gasteiger partial charge is 0.240 e. The number of hydrogen-bond acceptors (Lipinski definition) is 2. The van der Waals surface area contributed by atoms with Gasteiger partial charge in [0.1, 0.15) is 0 Å². The highest BCUT2D eigenvalue weighted by atomic mass is 16.2. The van der Waals surface area contributed by atoms with Crippen molar-refractivity contribution in [2.75, 3.05) is 6.54 Å². The fraction of sp³-hybridized carbons (Fsp3) is 0.938. The van der Waals surface area contributed by atoms with E-state index in [1.54, 1.807) is 0 Å². The number of amides is 1. The van der Waals surface area contributed by atoms with Gasteiger partial charge in [0.05, 0.1) is 12.2 Å². The van der Waals surface area contributed by atoms with E-state index in [2.05, 4.69) is 31.0 Å². The Kier molecular flexibility index (Phi) is 4.54. The molecule has 1 aliphatic carbocycles. The molecule has 0 spiro atoms. The molecule has 0 aromatic carbocycles. The maximum absolute atomic E-state index is 12.4. The van der Waals surface area contributed by atoms with Gasteiger partial charge in [0.2, 0.25) is 5.91 Å². The molecule has 0 aromatic heterocycles. The second-order valence-corrected chi connectivity index (χ2v) is 7.08. The lowest BCUT2D eigenvalue weighted by molar-refractivity contribution is -0.131. The Bertz CT molecular complexity index is 321. The molecule has 1 N–H and O–H groups in total. The third-order valence-corrected chi connectivity index (χ3v) is 4.87. The molecule has 2 aliphatic rings. The first kappa shape index (κ1) is 14.8. The summed E-state index contributed by atoms with van der Waals surface area (Å²) in [5.74, 6) is 1.03. The SMILES string of the molecule is CCC1NC(C)C(=O)N1CC1(CC(C)C)CCCC1. The third kappa shape index (κ3) is 3.13. The average Bonchev–Trinajstić information content (AvgIpc) is 2.89. The predicted octanol–water partition coefficient (Wildman–Crippen LogP) is 3.15. The maximum atomic E-state index is 12.4. The van der Waals surface area contributed by atoms with Crippen molar-refractivity contribution >= 4 is 5.91 Å². The third-order valence-electron chi connectivity index (χ3n) is 4.87. The van der Waals surface area contributed by atoms with Crippen molar-refractivity contribution in [1.82, 2.24) is 10.2 Å². The van der Waals surface area contributed by atoms with Gasteiger partial charge in [-0.1, -0.05) is 33.6 Å². The fourth-order valence-electron chi connectivity index (χ4n) is 4.16. The molecule has 110 valence electrons. The monoisotopic (exact) mass is 266 g/mol. The van der Waals surface area contributed by atoms with Gasteiger partial charge in [0, 0.05) is 6.54 Å². The summed E-state index contributed by atoms with van der Waals surface area (Å²) in [5.41, 5.74) is 0.392. The molecular formula is C16H30N2O. The Morgan fingerprint density at radius 1 is 1.37 bits per heavy atom. The molecule has 1 amide bonds. The standard InChI is InChI=1S/C16H30N2O/c1-5-14-17-13(4)15(19)18(14)11-16(10-12(2)3)8-6-7-9-16/h12-14,17H,5-11H2,1-4H3. The van der Waals surface area contributed by atoms with E-state index in [1.165, 1.54) is 32.1 Å². The van der Waals surface area contributed by atoms with Gasteiger partial charge in [-0.2, -0.15) is 0 Å². The van der Waals surface area contributed by atoms with Crippen LogP contribution < -0.4 is 5.32 Å². The van der Waals surface area contributed by atoms with Crippen molar-refractivity contribution in [2.45, 2.75) is 78.4 Å². The largest absolute Gasteiger partial charge is 0.325 e. The zero-order valence-corrected chi connectivity index (χ0v) is 13.0. The van der Waals surface area contributed by atoms with Gasteiger partial charge >= 0.3 is 0 Å². The Hall–Kier alpha value is -0.570. The summed E-state index contributed by atoms with van der Waals surface area (Å²) in [7, 11) is 0. The zero-order chi connectivity index (χ0) is 14.0. The van der Waals surface area contributed by atoms with Crippen LogP contribution >= 0.6 is 0 Å².